The second kappa shape index (κ2) is 7.36. The van der Waals surface area contributed by atoms with Gasteiger partial charge in [-0.2, -0.15) is 11.8 Å². The van der Waals surface area contributed by atoms with E-state index in [0.29, 0.717) is 17.9 Å². The predicted molar refractivity (Wildman–Crippen MR) is 74.9 cm³/mol. The van der Waals surface area contributed by atoms with Crippen molar-refractivity contribution in [1.82, 2.24) is 4.90 Å². The van der Waals surface area contributed by atoms with E-state index in [4.69, 9.17) is 4.74 Å². The quantitative estimate of drug-likeness (QED) is 0.771. The first-order valence-corrected chi connectivity index (χ1v) is 7.61. The lowest BCUT2D eigenvalue weighted by Crippen LogP contribution is -2.35. The SMILES string of the molecule is CCOC(=O)CC(O)CN1CCSC(C)(C)CC1. The number of esters is 1. The third-order valence-corrected chi connectivity index (χ3v) is 4.48. The van der Waals surface area contributed by atoms with Crippen LogP contribution in [0, 0.1) is 0 Å². The standard InChI is InChI=1S/C13H25NO3S/c1-4-17-12(16)9-11(15)10-14-6-5-13(2,3)18-8-7-14/h11,15H,4-10H2,1-3H3. The van der Waals surface area contributed by atoms with Crippen molar-refractivity contribution in [3.8, 4) is 0 Å². The third kappa shape index (κ3) is 6.07. The average molecular weight is 275 g/mol. The minimum Gasteiger partial charge on any atom is -0.466 e. The molecule has 0 radical (unpaired) electrons. The Kier molecular flexibility index (Phi) is 6.46. The van der Waals surface area contributed by atoms with Gasteiger partial charge in [-0.05, 0) is 19.9 Å². The van der Waals surface area contributed by atoms with Crippen molar-refractivity contribution < 1.29 is 14.6 Å². The summed E-state index contributed by atoms with van der Waals surface area (Å²) < 4.78 is 5.16. The summed E-state index contributed by atoms with van der Waals surface area (Å²) in [6.07, 6.45) is 0.597. The Hall–Kier alpha value is -0.260. The zero-order chi connectivity index (χ0) is 13.6. The van der Waals surface area contributed by atoms with Gasteiger partial charge in [0.05, 0.1) is 19.1 Å². The molecule has 1 fully saturated rings. The number of β-amino-alcohol motifs (C(OH)–C–C–N with tert-alkyl or cyclic N) is 1. The van der Waals surface area contributed by atoms with Crippen LogP contribution in [-0.4, -0.2) is 58.8 Å². The molecule has 1 heterocycles. The molecule has 1 saturated heterocycles. The molecule has 1 aliphatic heterocycles. The van der Waals surface area contributed by atoms with Gasteiger partial charge in [0.25, 0.3) is 0 Å². The van der Waals surface area contributed by atoms with Crippen molar-refractivity contribution in [2.45, 2.75) is 44.5 Å². The zero-order valence-electron chi connectivity index (χ0n) is 11.6. The Morgan fingerprint density at radius 2 is 2.22 bits per heavy atom. The number of ether oxygens (including phenoxy) is 1. The third-order valence-electron chi connectivity index (χ3n) is 3.11. The van der Waals surface area contributed by atoms with Crippen LogP contribution < -0.4 is 0 Å². The molecule has 0 aromatic rings. The summed E-state index contributed by atoms with van der Waals surface area (Å²) in [6, 6.07) is 0. The van der Waals surface area contributed by atoms with Gasteiger partial charge in [0, 0.05) is 23.6 Å². The van der Waals surface area contributed by atoms with Gasteiger partial charge < -0.3 is 9.84 Å². The van der Waals surface area contributed by atoms with Crippen molar-refractivity contribution in [2.24, 2.45) is 0 Å². The number of hydrogen-bond acceptors (Lipinski definition) is 5. The number of carbonyl (C=O) groups excluding carboxylic acids is 1. The van der Waals surface area contributed by atoms with E-state index >= 15 is 0 Å². The van der Waals surface area contributed by atoms with E-state index in [2.05, 4.69) is 18.7 Å². The van der Waals surface area contributed by atoms with E-state index < -0.39 is 6.10 Å². The molecule has 0 aromatic heterocycles. The largest absolute Gasteiger partial charge is 0.466 e. The fraction of sp³-hybridized carbons (Fsp3) is 0.923. The fourth-order valence-corrected chi connectivity index (χ4v) is 3.16. The molecular weight excluding hydrogens is 250 g/mol. The molecule has 1 atom stereocenters. The Balaban J connectivity index is 2.31. The van der Waals surface area contributed by atoms with E-state index in [1.165, 1.54) is 0 Å². The van der Waals surface area contributed by atoms with Crippen LogP contribution in [-0.2, 0) is 9.53 Å². The topological polar surface area (TPSA) is 49.8 Å². The van der Waals surface area contributed by atoms with E-state index in [-0.39, 0.29) is 12.4 Å². The number of hydrogen-bond donors (Lipinski definition) is 1. The molecule has 1 unspecified atom stereocenters. The molecule has 0 aromatic carbocycles. The van der Waals surface area contributed by atoms with Gasteiger partial charge in [-0.15, -0.1) is 0 Å². The van der Waals surface area contributed by atoms with Crippen LogP contribution in [0.15, 0.2) is 0 Å². The van der Waals surface area contributed by atoms with E-state index in [9.17, 15) is 9.90 Å². The summed E-state index contributed by atoms with van der Waals surface area (Å²) in [5.74, 6) is 0.772. The van der Waals surface area contributed by atoms with Gasteiger partial charge in [0.2, 0.25) is 0 Å². The highest BCUT2D eigenvalue weighted by atomic mass is 32.2. The van der Waals surface area contributed by atoms with Gasteiger partial charge in [-0.25, -0.2) is 0 Å². The number of aliphatic hydroxyl groups is 1. The van der Waals surface area contributed by atoms with Crippen LogP contribution in [0.4, 0.5) is 0 Å². The van der Waals surface area contributed by atoms with Gasteiger partial charge in [0.15, 0.2) is 0 Å². The summed E-state index contributed by atoms with van der Waals surface area (Å²) in [7, 11) is 0. The van der Waals surface area contributed by atoms with Crippen molar-refractivity contribution in [3.05, 3.63) is 0 Å². The molecular formula is C13H25NO3S. The molecule has 106 valence electrons. The summed E-state index contributed by atoms with van der Waals surface area (Å²) in [5, 5.41) is 9.87. The number of rotatable bonds is 5. The predicted octanol–water partition coefficient (Wildman–Crippen LogP) is 1.52. The molecule has 5 heteroatoms. The summed E-state index contributed by atoms with van der Waals surface area (Å²) in [4.78, 5) is 13.5. The highest BCUT2D eigenvalue weighted by molar-refractivity contribution is 8.00. The van der Waals surface area contributed by atoms with Crippen molar-refractivity contribution in [2.75, 3.05) is 32.0 Å². The number of aliphatic hydroxyl groups excluding tert-OH is 1. The fourth-order valence-electron chi connectivity index (χ4n) is 2.02. The van der Waals surface area contributed by atoms with Gasteiger partial charge in [-0.1, -0.05) is 13.8 Å². The Labute approximate surface area is 114 Å². The van der Waals surface area contributed by atoms with E-state index in [1.54, 1.807) is 6.92 Å². The van der Waals surface area contributed by atoms with Crippen LogP contribution in [0.3, 0.4) is 0 Å². The minimum atomic E-state index is -0.615. The number of nitrogens with zero attached hydrogens (tertiary/aromatic N) is 1. The van der Waals surface area contributed by atoms with Crippen molar-refractivity contribution in [1.29, 1.82) is 0 Å². The maximum Gasteiger partial charge on any atom is 0.308 e. The molecule has 1 N–H and O–H groups in total. The first kappa shape index (κ1) is 15.8. The van der Waals surface area contributed by atoms with Gasteiger partial charge >= 0.3 is 5.97 Å². The Bertz CT molecular complexity index is 271. The van der Waals surface area contributed by atoms with Crippen LogP contribution >= 0.6 is 11.8 Å². The molecule has 0 amide bonds. The lowest BCUT2D eigenvalue weighted by Gasteiger charge is -2.24. The normalized spacial score (nSPS) is 22.2. The van der Waals surface area contributed by atoms with E-state index in [1.807, 2.05) is 11.8 Å². The molecule has 1 rings (SSSR count). The summed E-state index contributed by atoms with van der Waals surface area (Å²) in [5.41, 5.74) is 0. The van der Waals surface area contributed by atoms with Crippen LogP contribution in [0.5, 0.6) is 0 Å². The molecule has 0 aliphatic carbocycles. The zero-order valence-corrected chi connectivity index (χ0v) is 12.5. The maximum absolute atomic E-state index is 11.3. The van der Waals surface area contributed by atoms with Gasteiger partial charge in [-0.3, -0.25) is 9.69 Å². The molecule has 0 spiro atoms. The Morgan fingerprint density at radius 3 is 2.89 bits per heavy atom. The second-order valence-corrected chi connectivity index (χ2v) is 7.12. The summed E-state index contributed by atoms with van der Waals surface area (Å²) >= 11 is 1.98. The lowest BCUT2D eigenvalue weighted by atomic mass is 10.1. The Morgan fingerprint density at radius 1 is 1.50 bits per heavy atom. The van der Waals surface area contributed by atoms with Gasteiger partial charge in [0.1, 0.15) is 0 Å². The van der Waals surface area contributed by atoms with Crippen LogP contribution in [0.2, 0.25) is 0 Å². The number of thioether (sulfide) groups is 1. The highest BCUT2D eigenvalue weighted by Crippen LogP contribution is 2.30. The van der Waals surface area contributed by atoms with Crippen LogP contribution in [0.1, 0.15) is 33.6 Å². The highest BCUT2D eigenvalue weighted by Gasteiger charge is 2.25. The molecule has 18 heavy (non-hydrogen) atoms. The molecule has 0 bridgehead atoms. The van der Waals surface area contributed by atoms with Crippen molar-refractivity contribution in [3.63, 3.8) is 0 Å². The average Bonchev–Trinajstić information content (AvgIpc) is 2.40. The number of carbonyl (C=O) groups is 1. The lowest BCUT2D eigenvalue weighted by molar-refractivity contribution is -0.145. The molecule has 0 saturated carbocycles. The summed E-state index contributed by atoms with van der Waals surface area (Å²) in [6.45, 7) is 9.20. The van der Waals surface area contributed by atoms with Crippen LogP contribution in [0.25, 0.3) is 0 Å². The van der Waals surface area contributed by atoms with E-state index in [0.717, 1.165) is 25.3 Å². The first-order valence-electron chi connectivity index (χ1n) is 6.63. The smallest absolute Gasteiger partial charge is 0.308 e. The first-order chi connectivity index (χ1) is 8.43. The van der Waals surface area contributed by atoms with Crippen molar-refractivity contribution >= 4 is 17.7 Å². The maximum atomic E-state index is 11.3. The second-order valence-electron chi connectivity index (χ2n) is 5.32. The monoisotopic (exact) mass is 275 g/mol. The molecule has 4 nitrogen and oxygen atoms in total. The minimum absolute atomic E-state index is 0.0981. The molecule has 1 aliphatic rings.